The van der Waals surface area contributed by atoms with Crippen molar-refractivity contribution in [2.24, 2.45) is 0 Å². The highest BCUT2D eigenvalue weighted by Gasteiger charge is 2.40. The molecule has 1 aliphatic rings. The van der Waals surface area contributed by atoms with Gasteiger partial charge in [-0.1, -0.05) is 19.1 Å². The molecule has 2 heterocycles. The summed E-state index contributed by atoms with van der Waals surface area (Å²) in [6.45, 7) is 2.28. The number of alkyl halides is 3. The summed E-state index contributed by atoms with van der Waals surface area (Å²) >= 11 is 0. The molecular weight excluding hydrogens is 371 g/mol. The van der Waals surface area contributed by atoms with Gasteiger partial charge in [-0.3, -0.25) is 0 Å². The lowest BCUT2D eigenvalue weighted by Gasteiger charge is -2.30. The van der Waals surface area contributed by atoms with E-state index in [1.165, 1.54) is 4.31 Å². The van der Waals surface area contributed by atoms with Crippen molar-refractivity contribution in [3.63, 3.8) is 0 Å². The van der Waals surface area contributed by atoms with Crippen molar-refractivity contribution in [2.75, 3.05) is 13.1 Å². The SMILES string of the molecule is CCc1ccc(S(=O)(=O)N2CCC[C@@H](c3nnc(C(F)(F)F)o3)C2)cc1. The first kappa shape index (κ1) is 18.8. The van der Waals surface area contributed by atoms with E-state index < -0.39 is 28.0 Å². The van der Waals surface area contributed by atoms with E-state index in [0.29, 0.717) is 19.4 Å². The van der Waals surface area contributed by atoms with Gasteiger partial charge in [-0.15, -0.1) is 10.2 Å². The van der Waals surface area contributed by atoms with Crippen molar-refractivity contribution in [3.05, 3.63) is 41.6 Å². The number of rotatable bonds is 4. The van der Waals surface area contributed by atoms with Crippen molar-refractivity contribution >= 4 is 10.0 Å². The van der Waals surface area contributed by atoms with Crippen molar-refractivity contribution in [1.82, 2.24) is 14.5 Å². The average Bonchev–Trinajstić information content (AvgIpc) is 3.12. The third kappa shape index (κ3) is 3.75. The molecule has 0 N–H and O–H groups in total. The number of nitrogens with zero attached hydrogens (tertiary/aromatic N) is 3. The van der Waals surface area contributed by atoms with Crippen LogP contribution in [0.5, 0.6) is 0 Å². The van der Waals surface area contributed by atoms with E-state index in [9.17, 15) is 21.6 Å². The van der Waals surface area contributed by atoms with Crippen LogP contribution < -0.4 is 0 Å². The number of sulfonamides is 1. The van der Waals surface area contributed by atoms with E-state index in [4.69, 9.17) is 4.42 Å². The average molecular weight is 389 g/mol. The van der Waals surface area contributed by atoms with Crippen molar-refractivity contribution in [3.8, 4) is 0 Å². The summed E-state index contributed by atoms with van der Waals surface area (Å²) in [6.07, 6.45) is -2.93. The largest absolute Gasteiger partial charge is 0.470 e. The lowest BCUT2D eigenvalue weighted by atomic mass is 10.00. The zero-order valence-electron chi connectivity index (χ0n) is 14.0. The molecular formula is C16H18F3N3O3S. The molecule has 0 radical (unpaired) electrons. The quantitative estimate of drug-likeness (QED) is 0.803. The molecule has 142 valence electrons. The number of benzene rings is 1. The van der Waals surface area contributed by atoms with Gasteiger partial charge in [0.1, 0.15) is 0 Å². The Balaban J connectivity index is 1.80. The number of halogens is 3. The zero-order valence-corrected chi connectivity index (χ0v) is 14.8. The first-order valence-corrected chi connectivity index (χ1v) is 9.65. The van der Waals surface area contributed by atoms with Crippen LogP contribution in [0.4, 0.5) is 13.2 Å². The van der Waals surface area contributed by atoms with E-state index in [0.717, 1.165) is 12.0 Å². The molecule has 26 heavy (non-hydrogen) atoms. The van der Waals surface area contributed by atoms with Crippen LogP contribution in [0.1, 0.15) is 43.0 Å². The molecule has 1 aromatic carbocycles. The van der Waals surface area contributed by atoms with Gasteiger partial charge in [0.2, 0.25) is 15.9 Å². The van der Waals surface area contributed by atoms with Gasteiger partial charge in [-0.05, 0) is 37.0 Å². The molecule has 2 aromatic rings. The maximum absolute atomic E-state index is 12.8. The fraction of sp³-hybridized carbons (Fsp3) is 0.500. The van der Waals surface area contributed by atoms with Crippen molar-refractivity contribution < 1.29 is 26.0 Å². The summed E-state index contributed by atoms with van der Waals surface area (Å²) in [5.41, 5.74) is 1.02. The van der Waals surface area contributed by atoms with Gasteiger partial charge in [0.05, 0.1) is 10.8 Å². The Bertz CT molecular complexity index is 863. The number of hydrogen-bond donors (Lipinski definition) is 0. The summed E-state index contributed by atoms with van der Waals surface area (Å²) in [5, 5.41) is 6.48. The number of hydrogen-bond acceptors (Lipinski definition) is 5. The molecule has 0 aliphatic carbocycles. The second-order valence-corrected chi connectivity index (χ2v) is 8.08. The molecule has 1 aliphatic heterocycles. The summed E-state index contributed by atoms with van der Waals surface area (Å²) in [4.78, 5) is 0.164. The second-order valence-electron chi connectivity index (χ2n) is 6.14. The van der Waals surface area contributed by atoms with Gasteiger partial charge in [-0.2, -0.15) is 17.5 Å². The Morgan fingerprint density at radius 1 is 1.23 bits per heavy atom. The van der Waals surface area contributed by atoms with E-state index in [2.05, 4.69) is 10.2 Å². The monoisotopic (exact) mass is 389 g/mol. The summed E-state index contributed by atoms with van der Waals surface area (Å²) < 4.78 is 69.4. The number of aromatic nitrogens is 2. The molecule has 3 rings (SSSR count). The van der Waals surface area contributed by atoms with Gasteiger partial charge in [-0.25, -0.2) is 8.42 Å². The minimum Gasteiger partial charge on any atom is -0.417 e. The number of aryl methyl sites for hydroxylation is 1. The summed E-state index contributed by atoms with van der Waals surface area (Å²) in [5.74, 6) is -2.15. The molecule has 1 saturated heterocycles. The molecule has 1 atom stereocenters. The molecule has 10 heteroatoms. The molecule has 0 amide bonds. The molecule has 1 fully saturated rings. The van der Waals surface area contributed by atoms with Crippen LogP contribution in [0, 0.1) is 0 Å². The van der Waals surface area contributed by atoms with Crippen LogP contribution >= 0.6 is 0 Å². The maximum Gasteiger partial charge on any atom is 0.470 e. The molecule has 0 spiro atoms. The lowest BCUT2D eigenvalue weighted by molar-refractivity contribution is -0.157. The van der Waals surface area contributed by atoms with Gasteiger partial charge >= 0.3 is 12.1 Å². The first-order valence-electron chi connectivity index (χ1n) is 8.21. The number of piperidine rings is 1. The minimum atomic E-state index is -4.72. The highest BCUT2D eigenvalue weighted by molar-refractivity contribution is 7.89. The zero-order chi connectivity index (χ0) is 18.9. The Hall–Kier alpha value is -1.94. The van der Waals surface area contributed by atoms with Crippen molar-refractivity contribution in [1.29, 1.82) is 0 Å². The molecule has 0 bridgehead atoms. The predicted octanol–water partition coefficient (Wildman–Crippen LogP) is 3.22. The topological polar surface area (TPSA) is 76.3 Å². The molecule has 0 unspecified atom stereocenters. The lowest BCUT2D eigenvalue weighted by Crippen LogP contribution is -2.39. The second kappa shape index (κ2) is 6.99. The van der Waals surface area contributed by atoms with E-state index in [1.54, 1.807) is 24.3 Å². The predicted molar refractivity (Wildman–Crippen MR) is 85.9 cm³/mol. The highest BCUT2D eigenvalue weighted by Crippen LogP contribution is 2.33. The van der Waals surface area contributed by atoms with Crippen LogP contribution in [-0.2, 0) is 22.6 Å². The van der Waals surface area contributed by atoms with Crippen LogP contribution in [0.15, 0.2) is 33.6 Å². The third-order valence-electron chi connectivity index (χ3n) is 4.39. The Labute approximate surface area is 149 Å². The molecule has 1 aromatic heterocycles. The summed E-state index contributed by atoms with van der Waals surface area (Å²) in [6, 6.07) is 6.60. The molecule has 6 nitrogen and oxygen atoms in total. The van der Waals surface area contributed by atoms with E-state index in [-0.39, 0.29) is 17.3 Å². The fourth-order valence-corrected chi connectivity index (χ4v) is 4.45. The van der Waals surface area contributed by atoms with Gasteiger partial charge < -0.3 is 4.42 Å². The minimum absolute atomic E-state index is 0.0113. The van der Waals surface area contributed by atoms with Gasteiger partial charge in [0.15, 0.2) is 0 Å². The Morgan fingerprint density at radius 2 is 1.92 bits per heavy atom. The summed E-state index contributed by atoms with van der Waals surface area (Å²) in [7, 11) is -3.73. The normalized spacial score (nSPS) is 19.6. The third-order valence-corrected chi connectivity index (χ3v) is 6.27. The van der Waals surface area contributed by atoms with E-state index >= 15 is 0 Å². The highest BCUT2D eigenvalue weighted by atomic mass is 32.2. The van der Waals surface area contributed by atoms with Crippen LogP contribution in [0.25, 0.3) is 0 Å². The van der Waals surface area contributed by atoms with Crippen LogP contribution in [-0.4, -0.2) is 36.0 Å². The standard InChI is InChI=1S/C16H18F3N3O3S/c1-2-11-5-7-13(8-6-11)26(23,24)22-9-3-4-12(10-22)14-20-21-15(25-14)16(17,18)19/h5-8,12H,2-4,9-10H2,1H3/t12-/m1/s1. The van der Waals surface area contributed by atoms with Crippen LogP contribution in [0.3, 0.4) is 0 Å². The van der Waals surface area contributed by atoms with Crippen LogP contribution in [0.2, 0.25) is 0 Å². The smallest absolute Gasteiger partial charge is 0.417 e. The van der Waals surface area contributed by atoms with E-state index in [1.807, 2.05) is 6.92 Å². The Morgan fingerprint density at radius 3 is 2.50 bits per heavy atom. The maximum atomic E-state index is 12.8. The molecule has 0 saturated carbocycles. The Kier molecular flexibility index (Phi) is 5.07. The fourth-order valence-electron chi connectivity index (χ4n) is 2.92. The van der Waals surface area contributed by atoms with Crippen molar-refractivity contribution in [2.45, 2.75) is 43.2 Å². The first-order chi connectivity index (χ1) is 12.2. The van der Waals surface area contributed by atoms with Gasteiger partial charge in [0, 0.05) is 13.1 Å². The van der Waals surface area contributed by atoms with Gasteiger partial charge in [0.25, 0.3) is 0 Å².